The first-order valence-electron chi connectivity index (χ1n) is 12.0. The summed E-state index contributed by atoms with van der Waals surface area (Å²) in [6, 6.07) is 9.10. The first-order chi connectivity index (χ1) is 16.7. The van der Waals surface area contributed by atoms with E-state index in [2.05, 4.69) is 47.0 Å². The van der Waals surface area contributed by atoms with Crippen molar-refractivity contribution in [2.24, 2.45) is 5.92 Å². The topological polar surface area (TPSA) is 95.7 Å². The molecule has 4 rings (SSSR count). The van der Waals surface area contributed by atoms with Gasteiger partial charge in [0.2, 0.25) is 11.8 Å². The summed E-state index contributed by atoms with van der Waals surface area (Å²) in [4.78, 5) is 29.6. The SMILES string of the molecule is Cc1cc(-c2sccc2C)ccc1[C@H](C)NC(=O)[C@@H]1C[C@@H](O)CN1C(=O)[C@@H](c1ccno1)C(C)C. The maximum Gasteiger partial charge on any atom is 0.243 e. The summed E-state index contributed by atoms with van der Waals surface area (Å²) < 4.78 is 5.28. The second kappa shape index (κ2) is 10.3. The molecule has 186 valence electrons. The van der Waals surface area contributed by atoms with E-state index >= 15 is 0 Å². The molecule has 4 atom stereocenters. The second-order valence-electron chi connectivity index (χ2n) is 9.77. The van der Waals surface area contributed by atoms with Crippen LogP contribution in [0, 0.1) is 19.8 Å². The first kappa shape index (κ1) is 25.1. The summed E-state index contributed by atoms with van der Waals surface area (Å²) in [6.45, 7) is 10.1. The fourth-order valence-electron chi connectivity index (χ4n) is 4.96. The third kappa shape index (κ3) is 5.18. The maximum absolute atomic E-state index is 13.5. The number of likely N-dealkylation sites (tertiary alicyclic amines) is 1. The van der Waals surface area contributed by atoms with Crippen molar-refractivity contribution in [1.82, 2.24) is 15.4 Å². The minimum Gasteiger partial charge on any atom is -0.391 e. The molecule has 1 fully saturated rings. The molecule has 1 saturated heterocycles. The van der Waals surface area contributed by atoms with Gasteiger partial charge in [-0.2, -0.15) is 0 Å². The van der Waals surface area contributed by atoms with Crippen LogP contribution in [0.4, 0.5) is 0 Å². The van der Waals surface area contributed by atoms with Gasteiger partial charge in [-0.15, -0.1) is 11.3 Å². The number of aromatic nitrogens is 1. The number of benzene rings is 1. The molecule has 1 aromatic carbocycles. The number of hydrogen-bond donors (Lipinski definition) is 2. The third-order valence-electron chi connectivity index (χ3n) is 6.78. The van der Waals surface area contributed by atoms with Crippen LogP contribution in [0.2, 0.25) is 0 Å². The fourth-order valence-corrected chi connectivity index (χ4v) is 5.89. The predicted molar refractivity (Wildman–Crippen MR) is 136 cm³/mol. The van der Waals surface area contributed by atoms with Gasteiger partial charge in [-0.3, -0.25) is 9.59 Å². The molecule has 0 aliphatic carbocycles. The molecule has 1 aliphatic rings. The molecule has 7 nitrogen and oxygen atoms in total. The largest absolute Gasteiger partial charge is 0.391 e. The number of hydrogen-bond acceptors (Lipinski definition) is 6. The molecule has 0 radical (unpaired) electrons. The number of thiophene rings is 1. The summed E-state index contributed by atoms with van der Waals surface area (Å²) in [5.74, 6) is -0.640. The van der Waals surface area contributed by atoms with Gasteiger partial charge in [-0.1, -0.05) is 37.2 Å². The Morgan fingerprint density at radius 2 is 1.94 bits per heavy atom. The Morgan fingerprint density at radius 1 is 1.17 bits per heavy atom. The molecule has 0 unspecified atom stereocenters. The Labute approximate surface area is 210 Å². The number of rotatable bonds is 7. The van der Waals surface area contributed by atoms with Crippen molar-refractivity contribution < 1.29 is 19.2 Å². The monoisotopic (exact) mass is 495 g/mol. The van der Waals surface area contributed by atoms with Crippen molar-refractivity contribution in [3.63, 3.8) is 0 Å². The van der Waals surface area contributed by atoms with Gasteiger partial charge in [0, 0.05) is 23.9 Å². The summed E-state index contributed by atoms with van der Waals surface area (Å²) in [6.07, 6.45) is 0.972. The van der Waals surface area contributed by atoms with E-state index in [9.17, 15) is 14.7 Å². The zero-order chi connectivity index (χ0) is 25.3. The van der Waals surface area contributed by atoms with E-state index in [1.165, 1.54) is 27.1 Å². The number of carbonyl (C=O) groups excluding carboxylic acids is 2. The number of aryl methyl sites for hydroxylation is 2. The van der Waals surface area contributed by atoms with Crippen LogP contribution in [-0.2, 0) is 9.59 Å². The molecule has 0 spiro atoms. The lowest BCUT2D eigenvalue weighted by Crippen LogP contribution is -2.48. The lowest BCUT2D eigenvalue weighted by atomic mass is 9.91. The Kier molecular flexibility index (Phi) is 7.42. The Bertz CT molecular complexity index is 1190. The van der Waals surface area contributed by atoms with Gasteiger partial charge in [-0.25, -0.2) is 0 Å². The van der Waals surface area contributed by atoms with Crippen molar-refractivity contribution in [2.45, 2.75) is 65.1 Å². The van der Waals surface area contributed by atoms with Gasteiger partial charge in [0.15, 0.2) is 0 Å². The molecule has 2 amide bonds. The van der Waals surface area contributed by atoms with Crippen molar-refractivity contribution >= 4 is 23.2 Å². The highest BCUT2D eigenvalue weighted by Crippen LogP contribution is 2.33. The van der Waals surface area contributed by atoms with Gasteiger partial charge in [0.1, 0.15) is 17.7 Å². The number of aliphatic hydroxyl groups is 1. The summed E-state index contributed by atoms with van der Waals surface area (Å²) in [5, 5.41) is 19.3. The van der Waals surface area contributed by atoms with E-state index < -0.39 is 18.1 Å². The molecule has 3 aromatic rings. The van der Waals surface area contributed by atoms with Gasteiger partial charge in [0.05, 0.1) is 18.3 Å². The molecule has 0 saturated carbocycles. The molecule has 2 N–H and O–H groups in total. The van der Waals surface area contributed by atoms with Crippen LogP contribution >= 0.6 is 11.3 Å². The van der Waals surface area contributed by atoms with E-state index in [-0.39, 0.29) is 36.7 Å². The van der Waals surface area contributed by atoms with Crippen molar-refractivity contribution in [3.05, 3.63) is 64.4 Å². The average molecular weight is 496 g/mol. The van der Waals surface area contributed by atoms with E-state index in [0.29, 0.717) is 5.76 Å². The molecule has 8 heteroatoms. The summed E-state index contributed by atoms with van der Waals surface area (Å²) in [5.41, 5.74) is 4.53. The predicted octanol–water partition coefficient (Wildman–Crippen LogP) is 4.60. The third-order valence-corrected chi connectivity index (χ3v) is 7.85. The maximum atomic E-state index is 13.5. The quantitative estimate of drug-likeness (QED) is 0.500. The number of aliphatic hydroxyl groups excluding tert-OH is 1. The molecule has 0 bridgehead atoms. The van der Waals surface area contributed by atoms with E-state index in [0.717, 1.165) is 11.1 Å². The smallest absolute Gasteiger partial charge is 0.243 e. The second-order valence-corrected chi connectivity index (χ2v) is 10.7. The first-order valence-corrected chi connectivity index (χ1v) is 12.9. The normalized spacial score (nSPS) is 19.7. The zero-order valence-electron chi connectivity index (χ0n) is 20.8. The molecule has 1 aliphatic heterocycles. The van der Waals surface area contributed by atoms with E-state index in [1.54, 1.807) is 17.4 Å². The lowest BCUT2D eigenvalue weighted by Gasteiger charge is -2.29. The van der Waals surface area contributed by atoms with Crippen molar-refractivity contribution in [2.75, 3.05) is 6.54 Å². The Morgan fingerprint density at radius 3 is 2.54 bits per heavy atom. The number of β-amino-alcohol motifs (C(OH)–C–C–N with tert-alkyl or cyclic N) is 1. The number of nitrogens with one attached hydrogen (secondary N) is 1. The number of carbonyl (C=O) groups is 2. The zero-order valence-corrected chi connectivity index (χ0v) is 21.6. The van der Waals surface area contributed by atoms with Crippen molar-refractivity contribution in [3.8, 4) is 10.4 Å². The van der Waals surface area contributed by atoms with Crippen LogP contribution in [0.5, 0.6) is 0 Å². The van der Waals surface area contributed by atoms with Crippen LogP contribution in [0.15, 0.2) is 46.4 Å². The van der Waals surface area contributed by atoms with Crippen LogP contribution in [0.1, 0.15) is 61.6 Å². The Balaban J connectivity index is 1.50. The Hall–Kier alpha value is -2.97. The highest BCUT2D eigenvalue weighted by molar-refractivity contribution is 7.13. The molecule has 2 aromatic heterocycles. The van der Waals surface area contributed by atoms with Crippen LogP contribution in [-0.4, -0.2) is 45.7 Å². The lowest BCUT2D eigenvalue weighted by molar-refractivity contribution is -0.141. The van der Waals surface area contributed by atoms with E-state index in [1.807, 2.05) is 27.7 Å². The summed E-state index contributed by atoms with van der Waals surface area (Å²) in [7, 11) is 0. The molecule has 3 heterocycles. The van der Waals surface area contributed by atoms with Crippen LogP contribution in [0.3, 0.4) is 0 Å². The van der Waals surface area contributed by atoms with Crippen LogP contribution < -0.4 is 5.32 Å². The fraction of sp³-hybridized carbons (Fsp3) is 0.444. The van der Waals surface area contributed by atoms with Gasteiger partial charge < -0.3 is 19.8 Å². The highest BCUT2D eigenvalue weighted by atomic mass is 32.1. The highest BCUT2D eigenvalue weighted by Gasteiger charge is 2.43. The molecule has 35 heavy (non-hydrogen) atoms. The van der Waals surface area contributed by atoms with Crippen LogP contribution in [0.25, 0.3) is 10.4 Å². The number of amides is 2. The minimum absolute atomic E-state index is 0.0519. The van der Waals surface area contributed by atoms with Gasteiger partial charge >= 0.3 is 0 Å². The van der Waals surface area contributed by atoms with Crippen molar-refractivity contribution in [1.29, 1.82) is 0 Å². The molecular weight excluding hydrogens is 462 g/mol. The minimum atomic E-state index is -0.748. The standard InChI is InChI=1S/C27H33N3O4S/c1-15(2)24(23-8-10-28-34-23)27(33)30-14-20(31)13-22(30)26(32)29-18(5)21-7-6-19(12-17(21)4)25-16(3)9-11-35-25/h6-12,15,18,20,22,24,31H,13-14H2,1-5H3,(H,29,32)/t18-,20+,22-,24+/m0/s1. The number of nitrogens with zero attached hydrogens (tertiary/aromatic N) is 2. The average Bonchev–Trinajstić information content (AvgIpc) is 3.55. The van der Waals surface area contributed by atoms with Gasteiger partial charge in [0.25, 0.3) is 0 Å². The summed E-state index contributed by atoms with van der Waals surface area (Å²) >= 11 is 1.72. The van der Waals surface area contributed by atoms with E-state index in [4.69, 9.17) is 4.52 Å². The molecular formula is C27H33N3O4S. The van der Waals surface area contributed by atoms with Gasteiger partial charge in [-0.05, 0) is 60.4 Å².